The van der Waals surface area contributed by atoms with Crippen LogP contribution in [0.25, 0.3) is 0 Å². The summed E-state index contributed by atoms with van der Waals surface area (Å²) in [6.45, 7) is 2.74. The second kappa shape index (κ2) is 5.94. The summed E-state index contributed by atoms with van der Waals surface area (Å²) in [5.74, 6) is 0.934. The summed E-state index contributed by atoms with van der Waals surface area (Å²) in [5, 5.41) is 0. The van der Waals surface area contributed by atoms with Crippen LogP contribution >= 0.6 is 11.3 Å². The van der Waals surface area contributed by atoms with Gasteiger partial charge in [0.15, 0.2) is 0 Å². The van der Waals surface area contributed by atoms with Gasteiger partial charge in [0.05, 0.1) is 17.8 Å². The number of nitrogens with two attached hydrogens (primary N) is 1. The molecule has 0 unspecified atom stereocenters. The van der Waals surface area contributed by atoms with Crippen molar-refractivity contribution in [3.8, 4) is 5.75 Å². The maximum Gasteiger partial charge on any atom is 0.119 e. The molecule has 1 aromatic heterocycles. The monoisotopic (exact) mass is 288 g/mol. The number of aryl methyl sites for hydroxylation is 2. The van der Waals surface area contributed by atoms with Crippen LogP contribution in [0.4, 0.5) is 0 Å². The van der Waals surface area contributed by atoms with Gasteiger partial charge in [0.1, 0.15) is 5.75 Å². The highest BCUT2D eigenvalue weighted by Crippen LogP contribution is 2.30. The lowest BCUT2D eigenvalue weighted by atomic mass is 9.88. The molecule has 1 aliphatic carbocycles. The summed E-state index contributed by atoms with van der Waals surface area (Å²) in [4.78, 5) is 5.56. The first-order valence-electron chi connectivity index (χ1n) is 7.14. The zero-order valence-electron chi connectivity index (χ0n) is 11.8. The Hall–Kier alpha value is -1.39. The number of fused-ring (bicyclic) bond motifs is 1. The van der Waals surface area contributed by atoms with Gasteiger partial charge in [-0.3, -0.25) is 0 Å². The molecule has 1 aromatic carbocycles. The van der Waals surface area contributed by atoms with Crippen LogP contribution in [0.1, 0.15) is 40.6 Å². The molecule has 0 bridgehead atoms. The molecule has 0 fully saturated rings. The van der Waals surface area contributed by atoms with Crippen molar-refractivity contribution in [3.63, 3.8) is 0 Å². The van der Waals surface area contributed by atoms with Crippen LogP contribution in [-0.4, -0.2) is 11.6 Å². The Kier molecular flexibility index (Phi) is 4.03. The third-order valence-corrected chi connectivity index (χ3v) is 4.92. The number of rotatable bonds is 4. The second-order valence-electron chi connectivity index (χ2n) is 5.32. The number of thiazole rings is 1. The van der Waals surface area contributed by atoms with Gasteiger partial charge in [-0.25, -0.2) is 4.98 Å². The first-order valence-corrected chi connectivity index (χ1v) is 8.02. The number of hydrogen-bond acceptors (Lipinski definition) is 4. The molecule has 3 nitrogen and oxygen atoms in total. The van der Waals surface area contributed by atoms with Crippen LogP contribution in [0.15, 0.2) is 23.7 Å². The van der Waals surface area contributed by atoms with Crippen LogP contribution in [0.2, 0.25) is 0 Å². The molecular formula is C16H20N2OS. The smallest absolute Gasteiger partial charge is 0.119 e. The molecule has 0 spiro atoms. The second-order valence-corrected chi connectivity index (χ2v) is 6.26. The van der Waals surface area contributed by atoms with Crippen molar-refractivity contribution in [1.29, 1.82) is 0 Å². The number of benzene rings is 1. The molecule has 1 heterocycles. The maximum absolute atomic E-state index is 6.18. The zero-order valence-corrected chi connectivity index (χ0v) is 12.6. The molecule has 2 aromatic rings. The first-order chi connectivity index (χ1) is 9.74. The third-order valence-electron chi connectivity index (χ3n) is 3.92. The highest BCUT2D eigenvalue weighted by Gasteiger charge is 2.17. The van der Waals surface area contributed by atoms with E-state index >= 15 is 0 Å². The molecule has 106 valence electrons. The Labute approximate surface area is 123 Å². The standard InChI is InChI=1S/C16H20N2OS/c1-11-16(20-10-18-11)7-8-19-13-6-5-12-3-2-4-15(17)14(12)9-13/h5-6,9-10,15H,2-4,7-8,17H2,1H3/t15-/m1/s1. The Morgan fingerprint density at radius 3 is 3.15 bits per heavy atom. The van der Waals surface area contributed by atoms with Gasteiger partial charge < -0.3 is 10.5 Å². The number of aromatic nitrogens is 1. The summed E-state index contributed by atoms with van der Waals surface area (Å²) in [7, 11) is 0. The SMILES string of the molecule is Cc1ncsc1CCOc1ccc2c(c1)[C@H](N)CCC2. The van der Waals surface area contributed by atoms with Crippen molar-refractivity contribution >= 4 is 11.3 Å². The van der Waals surface area contributed by atoms with Gasteiger partial charge in [0.25, 0.3) is 0 Å². The topological polar surface area (TPSA) is 48.1 Å². The van der Waals surface area contributed by atoms with Gasteiger partial charge >= 0.3 is 0 Å². The molecule has 20 heavy (non-hydrogen) atoms. The van der Waals surface area contributed by atoms with Gasteiger partial charge in [0.2, 0.25) is 0 Å². The van der Waals surface area contributed by atoms with E-state index in [4.69, 9.17) is 10.5 Å². The molecule has 0 saturated carbocycles. The molecule has 2 N–H and O–H groups in total. The molecule has 0 saturated heterocycles. The van der Waals surface area contributed by atoms with E-state index in [2.05, 4.69) is 23.2 Å². The van der Waals surface area contributed by atoms with Gasteiger partial charge in [-0.2, -0.15) is 0 Å². The van der Waals surface area contributed by atoms with E-state index in [-0.39, 0.29) is 6.04 Å². The molecule has 0 amide bonds. The predicted octanol–water partition coefficient (Wildman–Crippen LogP) is 3.41. The normalized spacial score (nSPS) is 17.8. The molecule has 0 radical (unpaired) electrons. The number of nitrogens with zero attached hydrogens (tertiary/aromatic N) is 1. The maximum atomic E-state index is 6.18. The fraction of sp³-hybridized carbons (Fsp3) is 0.438. The fourth-order valence-electron chi connectivity index (χ4n) is 2.73. The van der Waals surface area contributed by atoms with E-state index in [9.17, 15) is 0 Å². The average Bonchev–Trinajstić information content (AvgIpc) is 2.85. The van der Waals surface area contributed by atoms with E-state index in [1.54, 1.807) is 11.3 Å². The lowest BCUT2D eigenvalue weighted by Gasteiger charge is -2.22. The molecule has 0 aliphatic heterocycles. The summed E-state index contributed by atoms with van der Waals surface area (Å²) in [6, 6.07) is 6.53. The van der Waals surface area contributed by atoms with E-state index in [0.717, 1.165) is 30.7 Å². The number of hydrogen-bond donors (Lipinski definition) is 1. The highest BCUT2D eigenvalue weighted by atomic mass is 32.1. The number of ether oxygens (including phenoxy) is 1. The Morgan fingerprint density at radius 1 is 1.45 bits per heavy atom. The van der Waals surface area contributed by atoms with Crippen molar-refractivity contribution in [2.24, 2.45) is 5.73 Å². The molecular weight excluding hydrogens is 268 g/mol. The van der Waals surface area contributed by atoms with Crippen LogP contribution in [0.5, 0.6) is 5.75 Å². The van der Waals surface area contributed by atoms with Crippen molar-refractivity contribution in [2.75, 3.05) is 6.61 Å². The van der Waals surface area contributed by atoms with Crippen molar-refractivity contribution in [1.82, 2.24) is 4.98 Å². The van der Waals surface area contributed by atoms with Crippen molar-refractivity contribution in [3.05, 3.63) is 45.4 Å². The third kappa shape index (κ3) is 2.86. The van der Waals surface area contributed by atoms with Crippen LogP contribution < -0.4 is 10.5 Å². The highest BCUT2D eigenvalue weighted by molar-refractivity contribution is 7.09. The van der Waals surface area contributed by atoms with Crippen molar-refractivity contribution in [2.45, 2.75) is 38.6 Å². The Bertz CT molecular complexity index is 594. The quantitative estimate of drug-likeness (QED) is 0.938. The summed E-state index contributed by atoms with van der Waals surface area (Å²) in [5.41, 5.74) is 11.8. The average molecular weight is 288 g/mol. The lowest BCUT2D eigenvalue weighted by Crippen LogP contribution is -2.17. The lowest BCUT2D eigenvalue weighted by molar-refractivity contribution is 0.321. The van der Waals surface area contributed by atoms with Gasteiger partial charge in [-0.1, -0.05) is 6.07 Å². The van der Waals surface area contributed by atoms with Gasteiger partial charge in [0, 0.05) is 17.3 Å². The molecule has 4 heteroatoms. The van der Waals surface area contributed by atoms with Crippen LogP contribution in [0.3, 0.4) is 0 Å². The van der Waals surface area contributed by atoms with Gasteiger partial charge in [-0.05, 0) is 49.4 Å². The minimum Gasteiger partial charge on any atom is -0.493 e. The van der Waals surface area contributed by atoms with Crippen molar-refractivity contribution < 1.29 is 4.74 Å². The fourth-order valence-corrected chi connectivity index (χ4v) is 3.49. The van der Waals surface area contributed by atoms with E-state index in [1.807, 2.05) is 12.4 Å². The summed E-state index contributed by atoms with van der Waals surface area (Å²) >= 11 is 1.70. The molecule has 3 rings (SSSR count). The minimum absolute atomic E-state index is 0.172. The Balaban J connectivity index is 1.63. The van der Waals surface area contributed by atoms with Crippen LogP contribution in [0, 0.1) is 6.92 Å². The first kappa shape index (κ1) is 13.6. The molecule has 1 atom stereocenters. The predicted molar refractivity (Wildman–Crippen MR) is 82.4 cm³/mol. The van der Waals surface area contributed by atoms with Crippen LogP contribution in [-0.2, 0) is 12.8 Å². The van der Waals surface area contributed by atoms with Gasteiger partial charge in [-0.15, -0.1) is 11.3 Å². The minimum atomic E-state index is 0.172. The summed E-state index contributed by atoms with van der Waals surface area (Å²) < 4.78 is 5.87. The van der Waals surface area contributed by atoms with E-state index in [0.29, 0.717) is 6.61 Å². The zero-order chi connectivity index (χ0) is 13.9. The summed E-state index contributed by atoms with van der Waals surface area (Å²) in [6.07, 6.45) is 4.33. The van der Waals surface area contributed by atoms with E-state index in [1.165, 1.54) is 22.4 Å². The largest absolute Gasteiger partial charge is 0.493 e. The Morgan fingerprint density at radius 2 is 2.35 bits per heavy atom. The van der Waals surface area contributed by atoms with E-state index < -0.39 is 0 Å². The molecule has 1 aliphatic rings.